The van der Waals surface area contributed by atoms with Crippen LogP contribution in [0.3, 0.4) is 0 Å². The molecule has 0 aromatic heterocycles. The van der Waals surface area contributed by atoms with Crippen LogP contribution < -0.4 is 5.73 Å². The highest BCUT2D eigenvalue weighted by atomic mass is 16.5. The Bertz CT molecular complexity index is 141. The smallest absolute Gasteiger partial charge is 0.334 e. The SMILES string of the molecule is C/C=C(\CC)C(=O)OCN. The van der Waals surface area contributed by atoms with Crippen LogP contribution in [0.1, 0.15) is 20.3 Å². The lowest BCUT2D eigenvalue weighted by molar-refractivity contribution is -0.138. The van der Waals surface area contributed by atoms with Gasteiger partial charge in [0, 0.05) is 5.57 Å². The van der Waals surface area contributed by atoms with Crippen LogP contribution in [0.15, 0.2) is 11.6 Å². The number of ether oxygens (including phenoxy) is 1. The minimum absolute atomic E-state index is 0.0455. The molecule has 0 saturated heterocycles. The molecule has 3 heteroatoms. The Labute approximate surface area is 60.9 Å². The number of allylic oxidation sites excluding steroid dienone is 1. The van der Waals surface area contributed by atoms with E-state index in [2.05, 4.69) is 4.74 Å². The van der Waals surface area contributed by atoms with E-state index < -0.39 is 0 Å². The van der Waals surface area contributed by atoms with Crippen LogP contribution in [0.2, 0.25) is 0 Å². The minimum atomic E-state index is -0.312. The molecule has 0 atom stereocenters. The van der Waals surface area contributed by atoms with E-state index >= 15 is 0 Å². The summed E-state index contributed by atoms with van der Waals surface area (Å²) in [5.41, 5.74) is 5.68. The summed E-state index contributed by atoms with van der Waals surface area (Å²) in [6, 6.07) is 0. The predicted molar refractivity (Wildman–Crippen MR) is 39.2 cm³/mol. The molecule has 2 N–H and O–H groups in total. The molecule has 0 aliphatic carbocycles. The van der Waals surface area contributed by atoms with Crippen LogP contribution in [-0.2, 0) is 9.53 Å². The number of rotatable bonds is 3. The van der Waals surface area contributed by atoms with Crippen LogP contribution in [-0.4, -0.2) is 12.7 Å². The Balaban J connectivity index is 3.91. The second-order valence-corrected chi connectivity index (χ2v) is 1.77. The number of carbonyl (C=O) groups excluding carboxylic acids is 1. The standard InChI is InChI=1S/C7H13NO2/c1-3-6(4-2)7(9)10-5-8/h3H,4-5,8H2,1-2H3/b6-3+. The van der Waals surface area contributed by atoms with Gasteiger partial charge in [0.2, 0.25) is 0 Å². The monoisotopic (exact) mass is 143 g/mol. The molecule has 0 fully saturated rings. The molecule has 0 aromatic rings. The summed E-state index contributed by atoms with van der Waals surface area (Å²) in [7, 11) is 0. The molecular weight excluding hydrogens is 130 g/mol. The Morgan fingerprint density at radius 2 is 2.30 bits per heavy atom. The summed E-state index contributed by atoms with van der Waals surface area (Å²) >= 11 is 0. The van der Waals surface area contributed by atoms with Crippen LogP contribution >= 0.6 is 0 Å². The van der Waals surface area contributed by atoms with Crippen LogP contribution in [0.25, 0.3) is 0 Å². The fourth-order valence-corrected chi connectivity index (χ4v) is 0.635. The van der Waals surface area contributed by atoms with Gasteiger partial charge in [-0.3, -0.25) is 5.73 Å². The summed E-state index contributed by atoms with van der Waals surface area (Å²) in [5, 5.41) is 0. The fraction of sp³-hybridized carbons (Fsp3) is 0.571. The van der Waals surface area contributed by atoms with E-state index in [4.69, 9.17) is 5.73 Å². The first kappa shape index (κ1) is 9.17. The van der Waals surface area contributed by atoms with Crippen molar-refractivity contribution in [1.82, 2.24) is 0 Å². The summed E-state index contributed by atoms with van der Waals surface area (Å²) < 4.78 is 4.56. The molecule has 3 nitrogen and oxygen atoms in total. The summed E-state index contributed by atoms with van der Waals surface area (Å²) in [6.45, 7) is 3.65. The van der Waals surface area contributed by atoms with E-state index in [9.17, 15) is 4.79 Å². The quantitative estimate of drug-likeness (QED) is 0.361. The molecule has 10 heavy (non-hydrogen) atoms. The zero-order valence-corrected chi connectivity index (χ0v) is 6.39. The minimum Gasteiger partial charge on any atom is -0.447 e. The van der Waals surface area contributed by atoms with E-state index in [0.29, 0.717) is 12.0 Å². The van der Waals surface area contributed by atoms with Gasteiger partial charge in [-0.25, -0.2) is 4.79 Å². The molecule has 0 aliphatic heterocycles. The van der Waals surface area contributed by atoms with Crippen molar-refractivity contribution in [1.29, 1.82) is 0 Å². The molecule has 0 aliphatic rings. The lowest BCUT2D eigenvalue weighted by Crippen LogP contribution is -2.13. The Hall–Kier alpha value is -0.830. The fourth-order valence-electron chi connectivity index (χ4n) is 0.635. The van der Waals surface area contributed by atoms with E-state index in [1.165, 1.54) is 0 Å². The van der Waals surface area contributed by atoms with Crippen LogP contribution in [0, 0.1) is 0 Å². The summed E-state index contributed by atoms with van der Waals surface area (Å²) in [6.07, 6.45) is 2.42. The summed E-state index contributed by atoms with van der Waals surface area (Å²) in [5.74, 6) is -0.312. The van der Waals surface area contributed by atoms with Gasteiger partial charge in [-0.1, -0.05) is 13.0 Å². The zero-order valence-electron chi connectivity index (χ0n) is 6.39. The number of carbonyl (C=O) groups is 1. The van der Waals surface area contributed by atoms with Crippen LogP contribution in [0.4, 0.5) is 0 Å². The average molecular weight is 143 g/mol. The first-order valence-electron chi connectivity index (χ1n) is 3.28. The van der Waals surface area contributed by atoms with Crippen molar-refractivity contribution in [2.45, 2.75) is 20.3 Å². The number of hydrogen-bond donors (Lipinski definition) is 1. The number of esters is 1. The van der Waals surface area contributed by atoms with Gasteiger partial charge >= 0.3 is 5.97 Å². The molecule has 0 saturated carbocycles. The van der Waals surface area contributed by atoms with Crippen molar-refractivity contribution < 1.29 is 9.53 Å². The topological polar surface area (TPSA) is 52.3 Å². The maximum absolute atomic E-state index is 10.8. The third-order valence-corrected chi connectivity index (χ3v) is 1.21. The maximum Gasteiger partial charge on any atom is 0.334 e. The Morgan fingerprint density at radius 1 is 1.70 bits per heavy atom. The van der Waals surface area contributed by atoms with E-state index in [1.54, 1.807) is 13.0 Å². The van der Waals surface area contributed by atoms with Crippen molar-refractivity contribution in [2.24, 2.45) is 5.73 Å². The van der Waals surface area contributed by atoms with Gasteiger partial charge in [-0.05, 0) is 13.3 Å². The molecular formula is C7H13NO2. The first-order chi connectivity index (χ1) is 4.76. The molecule has 0 radical (unpaired) electrons. The van der Waals surface area contributed by atoms with Gasteiger partial charge in [0.1, 0.15) is 6.73 Å². The molecule has 0 rings (SSSR count). The predicted octanol–water partition coefficient (Wildman–Crippen LogP) is 0.802. The maximum atomic E-state index is 10.8. The van der Waals surface area contributed by atoms with Crippen molar-refractivity contribution in [2.75, 3.05) is 6.73 Å². The molecule has 0 aromatic carbocycles. The van der Waals surface area contributed by atoms with Gasteiger partial charge < -0.3 is 4.74 Å². The summed E-state index contributed by atoms with van der Waals surface area (Å²) in [4.78, 5) is 10.8. The van der Waals surface area contributed by atoms with Gasteiger partial charge in [-0.15, -0.1) is 0 Å². The first-order valence-corrected chi connectivity index (χ1v) is 3.28. The molecule has 0 unspecified atom stereocenters. The van der Waals surface area contributed by atoms with Gasteiger partial charge in [-0.2, -0.15) is 0 Å². The van der Waals surface area contributed by atoms with E-state index in [1.807, 2.05) is 6.92 Å². The van der Waals surface area contributed by atoms with E-state index in [-0.39, 0.29) is 12.7 Å². The van der Waals surface area contributed by atoms with Gasteiger partial charge in [0.05, 0.1) is 0 Å². The highest BCUT2D eigenvalue weighted by molar-refractivity contribution is 5.88. The lowest BCUT2D eigenvalue weighted by Gasteiger charge is -2.01. The third-order valence-electron chi connectivity index (χ3n) is 1.21. The molecule has 0 bridgehead atoms. The second kappa shape index (κ2) is 4.99. The molecule has 58 valence electrons. The van der Waals surface area contributed by atoms with Crippen molar-refractivity contribution >= 4 is 5.97 Å². The van der Waals surface area contributed by atoms with Crippen molar-refractivity contribution in [3.05, 3.63) is 11.6 Å². The average Bonchev–Trinajstić information content (AvgIpc) is 1.91. The Morgan fingerprint density at radius 3 is 2.60 bits per heavy atom. The zero-order chi connectivity index (χ0) is 7.98. The largest absolute Gasteiger partial charge is 0.447 e. The van der Waals surface area contributed by atoms with Crippen molar-refractivity contribution in [3.8, 4) is 0 Å². The second-order valence-electron chi connectivity index (χ2n) is 1.77. The van der Waals surface area contributed by atoms with Gasteiger partial charge in [0.25, 0.3) is 0 Å². The highest BCUT2D eigenvalue weighted by Gasteiger charge is 2.04. The van der Waals surface area contributed by atoms with E-state index in [0.717, 1.165) is 0 Å². The van der Waals surface area contributed by atoms with Crippen molar-refractivity contribution in [3.63, 3.8) is 0 Å². The Kier molecular flexibility index (Phi) is 4.58. The molecule has 0 spiro atoms. The number of hydrogen-bond acceptors (Lipinski definition) is 3. The normalized spacial score (nSPS) is 11.3. The molecule has 0 heterocycles. The van der Waals surface area contributed by atoms with Crippen LogP contribution in [0.5, 0.6) is 0 Å². The lowest BCUT2D eigenvalue weighted by atomic mass is 10.2. The third kappa shape index (κ3) is 2.64. The molecule has 0 amide bonds. The van der Waals surface area contributed by atoms with Gasteiger partial charge in [0.15, 0.2) is 0 Å². The highest BCUT2D eigenvalue weighted by Crippen LogP contribution is 2.01. The number of nitrogens with two attached hydrogens (primary N) is 1.